The molecule has 0 aliphatic rings. The molecule has 4 rings (SSSR count). The van der Waals surface area contributed by atoms with Crippen LogP contribution in [0, 0.1) is 0 Å². The van der Waals surface area contributed by atoms with E-state index in [1.54, 1.807) is 0 Å². The topological polar surface area (TPSA) is 54.3 Å². The van der Waals surface area contributed by atoms with E-state index >= 15 is 0 Å². The average molecular weight is 350 g/mol. The Hall–Kier alpha value is -2.63. The number of aromatic nitrogens is 1. The lowest BCUT2D eigenvalue weighted by molar-refractivity contribution is 0.0920. The molecule has 0 bridgehead atoms. The third-order valence-corrected chi connectivity index (χ3v) is 5.51. The Bertz CT molecular complexity index is 1030. The fourth-order valence-electron chi connectivity index (χ4n) is 3.00. The summed E-state index contributed by atoms with van der Waals surface area (Å²) in [4.78, 5) is 13.0. The number of aryl methyl sites for hydroxylation is 1. The molecule has 0 spiro atoms. The summed E-state index contributed by atoms with van der Waals surface area (Å²) in [5.74, 6) is -0.152. The van der Waals surface area contributed by atoms with Crippen LogP contribution in [-0.2, 0) is 7.05 Å². The van der Waals surface area contributed by atoms with Gasteiger partial charge in [-0.3, -0.25) is 4.79 Å². The van der Waals surface area contributed by atoms with Crippen LogP contribution in [0.25, 0.3) is 21.0 Å². The van der Waals surface area contributed by atoms with Crippen LogP contribution in [0.5, 0.6) is 0 Å². The zero-order valence-electron chi connectivity index (χ0n) is 13.8. The van der Waals surface area contributed by atoms with Gasteiger partial charge in [0.15, 0.2) is 0 Å². The Morgan fingerprint density at radius 1 is 1.16 bits per heavy atom. The molecule has 5 heteroatoms. The molecule has 126 valence electrons. The van der Waals surface area contributed by atoms with Gasteiger partial charge in [0.05, 0.1) is 11.0 Å². The zero-order chi connectivity index (χ0) is 17.4. The summed E-state index contributed by atoms with van der Waals surface area (Å²) in [5.41, 5.74) is 1.92. The fraction of sp³-hybridized carbons (Fsp3) is 0.150. The fourth-order valence-corrected chi connectivity index (χ4v) is 3.97. The van der Waals surface area contributed by atoms with Gasteiger partial charge in [0.25, 0.3) is 5.91 Å². The maximum absolute atomic E-state index is 12.4. The Balaban J connectivity index is 1.46. The quantitative estimate of drug-likeness (QED) is 0.587. The maximum Gasteiger partial charge on any atom is 0.261 e. The second kappa shape index (κ2) is 6.35. The van der Waals surface area contributed by atoms with Gasteiger partial charge in [-0.15, -0.1) is 11.3 Å². The van der Waals surface area contributed by atoms with Crippen molar-refractivity contribution in [3.8, 4) is 0 Å². The minimum absolute atomic E-state index is 0.152. The Kier molecular flexibility index (Phi) is 4.03. The summed E-state index contributed by atoms with van der Waals surface area (Å²) in [5, 5.41) is 15.4. The van der Waals surface area contributed by atoms with Crippen molar-refractivity contribution >= 4 is 38.2 Å². The van der Waals surface area contributed by atoms with Crippen LogP contribution in [0.3, 0.4) is 0 Å². The van der Waals surface area contributed by atoms with Crippen molar-refractivity contribution in [2.24, 2.45) is 7.05 Å². The molecule has 25 heavy (non-hydrogen) atoms. The summed E-state index contributed by atoms with van der Waals surface area (Å²) in [6.45, 7) is 0.186. The van der Waals surface area contributed by atoms with Gasteiger partial charge < -0.3 is 15.0 Å². The highest BCUT2D eigenvalue weighted by molar-refractivity contribution is 7.20. The summed E-state index contributed by atoms with van der Waals surface area (Å²) in [6.07, 6.45) is 1.26. The van der Waals surface area contributed by atoms with Crippen LogP contribution in [0.1, 0.15) is 21.3 Å². The standard InChI is InChI=1S/C20H18N2O2S/c1-22-9-8-13-10-14(6-7-16(13)22)17(23)12-21-20(24)19-11-15-4-2-3-5-18(15)25-19/h2-11,17,23H,12H2,1H3,(H,21,24)/t17-/m1/s1. The first-order chi connectivity index (χ1) is 12.1. The first-order valence-electron chi connectivity index (χ1n) is 8.11. The molecule has 1 amide bonds. The number of hydrogen-bond acceptors (Lipinski definition) is 3. The normalized spacial score (nSPS) is 12.6. The first-order valence-corrected chi connectivity index (χ1v) is 8.93. The summed E-state index contributed by atoms with van der Waals surface area (Å²) in [6, 6.07) is 17.7. The molecule has 0 aliphatic carbocycles. The SMILES string of the molecule is Cn1ccc2cc([C@H](O)CNC(=O)c3cc4ccccc4s3)ccc21. The number of carbonyl (C=O) groups is 1. The molecule has 0 fully saturated rings. The van der Waals surface area contributed by atoms with E-state index in [1.165, 1.54) is 11.3 Å². The lowest BCUT2D eigenvalue weighted by Crippen LogP contribution is -2.27. The second-order valence-electron chi connectivity index (χ2n) is 6.12. The molecule has 2 aromatic carbocycles. The number of nitrogens with zero attached hydrogens (tertiary/aromatic N) is 1. The van der Waals surface area contributed by atoms with Crippen molar-refractivity contribution < 1.29 is 9.90 Å². The number of carbonyl (C=O) groups excluding carboxylic acids is 1. The zero-order valence-corrected chi connectivity index (χ0v) is 14.6. The molecule has 4 aromatic rings. The van der Waals surface area contributed by atoms with Gasteiger partial charge in [-0.05, 0) is 46.7 Å². The third kappa shape index (κ3) is 3.04. The smallest absolute Gasteiger partial charge is 0.261 e. The second-order valence-corrected chi connectivity index (χ2v) is 7.20. The highest BCUT2D eigenvalue weighted by Gasteiger charge is 2.14. The molecule has 2 heterocycles. The molecular formula is C20H18N2O2S. The van der Waals surface area contributed by atoms with Gasteiger partial charge in [-0.2, -0.15) is 0 Å². The first kappa shape index (κ1) is 15.9. The monoisotopic (exact) mass is 350 g/mol. The Labute approximate surface area is 149 Å². The van der Waals surface area contributed by atoms with E-state index in [9.17, 15) is 9.90 Å². The summed E-state index contributed by atoms with van der Waals surface area (Å²) >= 11 is 1.46. The van der Waals surface area contributed by atoms with Crippen molar-refractivity contribution in [2.45, 2.75) is 6.10 Å². The van der Waals surface area contributed by atoms with Crippen LogP contribution < -0.4 is 5.32 Å². The van der Waals surface area contributed by atoms with Gasteiger partial charge in [0, 0.05) is 30.0 Å². The van der Waals surface area contributed by atoms with Crippen molar-refractivity contribution in [2.75, 3.05) is 6.54 Å². The number of amides is 1. The molecule has 2 aromatic heterocycles. The number of fused-ring (bicyclic) bond motifs is 2. The minimum atomic E-state index is -0.733. The molecular weight excluding hydrogens is 332 g/mol. The van der Waals surface area contributed by atoms with E-state index in [4.69, 9.17) is 0 Å². The van der Waals surface area contributed by atoms with Crippen LogP contribution in [0.4, 0.5) is 0 Å². The maximum atomic E-state index is 12.4. The van der Waals surface area contributed by atoms with Crippen LogP contribution in [-0.4, -0.2) is 22.1 Å². The molecule has 0 aliphatic heterocycles. The number of nitrogens with one attached hydrogen (secondary N) is 1. The minimum Gasteiger partial charge on any atom is -0.387 e. The molecule has 2 N–H and O–H groups in total. The Morgan fingerprint density at radius 2 is 2.00 bits per heavy atom. The van der Waals surface area contributed by atoms with Crippen molar-refractivity contribution in [1.29, 1.82) is 0 Å². The molecule has 4 nitrogen and oxygen atoms in total. The molecule has 0 saturated heterocycles. The Morgan fingerprint density at radius 3 is 2.84 bits per heavy atom. The van der Waals surface area contributed by atoms with Crippen molar-refractivity contribution in [1.82, 2.24) is 9.88 Å². The van der Waals surface area contributed by atoms with Gasteiger partial charge in [-0.25, -0.2) is 0 Å². The van der Waals surface area contributed by atoms with E-state index in [0.717, 1.165) is 26.6 Å². The number of hydrogen-bond donors (Lipinski definition) is 2. The molecule has 1 atom stereocenters. The molecule has 0 unspecified atom stereocenters. The molecule has 0 saturated carbocycles. The van der Waals surface area contributed by atoms with Gasteiger partial charge in [-0.1, -0.05) is 24.3 Å². The van der Waals surface area contributed by atoms with Gasteiger partial charge >= 0.3 is 0 Å². The van der Waals surface area contributed by atoms with E-state index in [-0.39, 0.29) is 12.5 Å². The van der Waals surface area contributed by atoms with E-state index < -0.39 is 6.10 Å². The van der Waals surface area contributed by atoms with E-state index in [2.05, 4.69) is 5.32 Å². The lowest BCUT2D eigenvalue weighted by atomic mass is 10.1. The van der Waals surface area contributed by atoms with Crippen LogP contribution >= 0.6 is 11.3 Å². The number of benzene rings is 2. The van der Waals surface area contributed by atoms with E-state index in [0.29, 0.717) is 4.88 Å². The summed E-state index contributed by atoms with van der Waals surface area (Å²) in [7, 11) is 1.99. The summed E-state index contributed by atoms with van der Waals surface area (Å²) < 4.78 is 3.12. The number of thiophene rings is 1. The van der Waals surface area contributed by atoms with Crippen LogP contribution in [0.2, 0.25) is 0 Å². The van der Waals surface area contributed by atoms with Crippen molar-refractivity contribution in [3.63, 3.8) is 0 Å². The highest BCUT2D eigenvalue weighted by atomic mass is 32.1. The lowest BCUT2D eigenvalue weighted by Gasteiger charge is -2.12. The van der Waals surface area contributed by atoms with E-state index in [1.807, 2.05) is 72.4 Å². The van der Waals surface area contributed by atoms with Gasteiger partial charge in [0.1, 0.15) is 0 Å². The number of aliphatic hydroxyl groups is 1. The predicted molar refractivity (Wildman–Crippen MR) is 102 cm³/mol. The van der Waals surface area contributed by atoms with Gasteiger partial charge in [0.2, 0.25) is 0 Å². The average Bonchev–Trinajstić information content (AvgIpc) is 3.23. The van der Waals surface area contributed by atoms with Crippen molar-refractivity contribution in [3.05, 3.63) is 71.2 Å². The van der Waals surface area contributed by atoms with Crippen LogP contribution in [0.15, 0.2) is 60.8 Å². The third-order valence-electron chi connectivity index (χ3n) is 4.40. The number of aliphatic hydroxyl groups excluding tert-OH is 1. The molecule has 0 radical (unpaired) electrons. The largest absolute Gasteiger partial charge is 0.387 e. The predicted octanol–water partition coefficient (Wildman–Crippen LogP) is 3.86. The number of rotatable bonds is 4. The highest BCUT2D eigenvalue weighted by Crippen LogP contribution is 2.25.